The van der Waals surface area contributed by atoms with Crippen LogP contribution in [0.2, 0.25) is 0 Å². The van der Waals surface area contributed by atoms with Gasteiger partial charge in [-0.05, 0) is 37.6 Å². The van der Waals surface area contributed by atoms with Gasteiger partial charge in [-0.3, -0.25) is 14.2 Å². The smallest absolute Gasteiger partial charge is 0.356 e. The third-order valence-electron chi connectivity index (χ3n) is 4.03. The van der Waals surface area contributed by atoms with Crippen LogP contribution in [0.25, 0.3) is 0 Å². The summed E-state index contributed by atoms with van der Waals surface area (Å²) in [4.78, 5) is 23.0. The lowest BCUT2D eigenvalue weighted by Gasteiger charge is -2.12. The molecule has 0 unspecified atom stereocenters. The molecule has 30 heavy (non-hydrogen) atoms. The van der Waals surface area contributed by atoms with E-state index in [1.807, 2.05) is 32.0 Å². The highest BCUT2D eigenvalue weighted by atomic mass is 16.5. The molecule has 10 nitrogen and oxygen atoms in total. The van der Waals surface area contributed by atoms with Gasteiger partial charge in [0.05, 0.1) is 31.6 Å². The molecule has 0 radical (unpaired) electrons. The van der Waals surface area contributed by atoms with Crippen molar-refractivity contribution in [3.05, 3.63) is 54.1 Å². The van der Waals surface area contributed by atoms with Crippen molar-refractivity contribution in [3.63, 3.8) is 0 Å². The molecule has 0 saturated heterocycles. The molecule has 2 N–H and O–H groups in total. The SMILES string of the molecule is CCOc1ccc(Cn2cc(NC(=O)Cn3ccc(C(=O)O)n3)cn2)cc1OCC. The number of anilines is 1. The highest BCUT2D eigenvalue weighted by molar-refractivity contribution is 5.90. The van der Waals surface area contributed by atoms with Crippen LogP contribution in [0.5, 0.6) is 11.5 Å². The van der Waals surface area contributed by atoms with Gasteiger partial charge < -0.3 is 19.9 Å². The summed E-state index contributed by atoms with van der Waals surface area (Å²) in [7, 11) is 0. The maximum absolute atomic E-state index is 12.2. The molecular formula is C20H23N5O5. The third-order valence-corrected chi connectivity index (χ3v) is 4.03. The molecule has 0 spiro atoms. The number of nitrogens with one attached hydrogen (secondary N) is 1. The minimum Gasteiger partial charge on any atom is -0.490 e. The highest BCUT2D eigenvalue weighted by Crippen LogP contribution is 2.28. The van der Waals surface area contributed by atoms with Gasteiger partial charge in [0.1, 0.15) is 6.54 Å². The molecule has 1 amide bonds. The highest BCUT2D eigenvalue weighted by Gasteiger charge is 2.11. The van der Waals surface area contributed by atoms with E-state index < -0.39 is 5.97 Å². The van der Waals surface area contributed by atoms with Gasteiger partial charge in [0.2, 0.25) is 5.91 Å². The fourth-order valence-corrected chi connectivity index (χ4v) is 2.81. The summed E-state index contributed by atoms with van der Waals surface area (Å²) in [5.41, 5.74) is 1.39. The zero-order valence-electron chi connectivity index (χ0n) is 16.7. The van der Waals surface area contributed by atoms with Crippen LogP contribution in [0, 0.1) is 0 Å². The number of hydrogen-bond donors (Lipinski definition) is 2. The number of carboxylic acid groups (broad SMARTS) is 1. The summed E-state index contributed by atoms with van der Waals surface area (Å²) in [5, 5.41) is 19.7. The summed E-state index contributed by atoms with van der Waals surface area (Å²) in [6, 6.07) is 7.05. The van der Waals surface area contributed by atoms with E-state index in [0.29, 0.717) is 36.9 Å². The summed E-state index contributed by atoms with van der Waals surface area (Å²) >= 11 is 0. The van der Waals surface area contributed by atoms with Crippen molar-refractivity contribution in [1.29, 1.82) is 0 Å². The number of carbonyl (C=O) groups is 2. The monoisotopic (exact) mass is 413 g/mol. The topological polar surface area (TPSA) is 120 Å². The quantitative estimate of drug-likeness (QED) is 0.523. The number of aromatic nitrogens is 4. The lowest BCUT2D eigenvalue weighted by molar-refractivity contribution is -0.116. The largest absolute Gasteiger partial charge is 0.490 e. The summed E-state index contributed by atoms with van der Waals surface area (Å²) in [6.45, 7) is 5.30. The average Bonchev–Trinajstić information content (AvgIpc) is 3.34. The Kier molecular flexibility index (Phi) is 6.68. The van der Waals surface area contributed by atoms with Crippen LogP contribution < -0.4 is 14.8 Å². The zero-order chi connectivity index (χ0) is 21.5. The number of carboxylic acids is 1. The molecule has 1 aromatic carbocycles. The normalized spacial score (nSPS) is 10.6. The Labute approximate surface area is 173 Å². The number of carbonyl (C=O) groups excluding carboxylic acids is 1. The Hall–Kier alpha value is -3.82. The maximum atomic E-state index is 12.2. The van der Waals surface area contributed by atoms with E-state index in [4.69, 9.17) is 14.6 Å². The molecule has 0 fully saturated rings. The Morgan fingerprint density at radius 2 is 1.87 bits per heavy atom. The predicted molar refractivity (Wildman–Crippen MR) is 108 cm³/mol. The van der Waals surface area contributed by atoms with Crippen LogP contribution in [-0.4, -0.2) is 49.8 Å². The first kappa shape index (κ1) is 20.9. The van der Waals surface area contributed by atoms with Crippen molar-refractivity contribution in [2.45, 2.75) is 26.9 Å². The number of nitrogens with zero attached hydrogens (tertiary/aromatic N) is 4. The third kappa shape index (κ3) is 5.37. The number of rotatable bonds is 10. The first-order valence-electron chi connectivity index (χ1n) is 9.46. The molecular weight excluding hydrogens is 390 g/mol. The Balaban J connectivity index is 1.61. The van der Waals surface area contributed by atoms with Crippen LogP contribution in [0.3, 0.4) is 0 Å². The molecule has 0 saturated carbocycles. The van der Waals surface area contributed by atoms with Gasteiger partial charge >= 0.3 is 5.97 Å². The van der Waals surface area contributed by atoms with Crippen molar-refractivity contribution in [3.8, 4) is 11.5 Å². The Morgan fingerprint density at radius 3 is 2.57 bits per heavy atom. The number of ether oxygens (including phenoxy) is 2. The molecule has 0 aliphatic rings. The van der Waals surface area contributed by atoms with Crippen molar-refractivity contribution in [1.82, 2.24) is 19.6 Å². The van der Waals surface area contributed by atoms with Gasteiger partial charge in [-0.2, -0.15) is 10.2 Å². The number of benzene rings is 1. The molecule has 3 rings (SSSR count). The average molecular weight is 413 g/mol. The van der Waals surface area contributed by atoms with Gasteiger partial charge in [0, 0.05) is 12.4 Å². The molecule has 0 aliphatic heterocycles. The van der Waals surface area contributed by atoms with E-state index in [2.05, 4.69) is 15.5 Å². The van der Waals surface area contributed by atoms with Crippen LogP contribution >= 0.6 is 0 Å². The maximum Gasteiger partial charge on any atom is 0.356 e. The lowest BCUT2D eigenvalue weighted by atomic mass is 10.2. The Bertz CT molecular complexity index is 1030. The predicted octanol–water partition coefficient (Wildman–Crippen LogP) is 2.26. The van der Waals surface area contributed by atoms with E-state index in [9.17, 15) is 9.59 Å². The fourth-order valence-electron chi connectivity index (χ4n) is 2.81. The minimum atomic E-state index is -1.14. The van der Waals surface area contributed by atoms with Gasteiger partial charge in [-0.15, -0.1) is 0 Å². The van der Waals surface area contributed by atoms with E-state index in [1.54, 1.807) is 17.1 Å². The second kappa shape index (κ2) is 9.59. The summed E-state index contributed by atoms with van der Waals surface area (Å²) < 4.78 is 14.2. The van der Waals surface area contributed by atoms with E-state index in [1.165, 1.54) is 16.9 Å². The zero-order valence-corrected chi connectivity index (χ0v) is 16.7. The lowest BCUT2D eigenvalue weighted by Crippen LogP contribution is -2.19. The van der Waals surface area contributed by atoms with E-state index in [0.717, 1.165) is 5.56 Å². The van der Waals surface area contributed by atoms with Gasteiger partial charge in [0.15, 0.2) is 17.2 Å². The van der Waals surface area contributed by atoms with Crippen molar-refractivity contribution in [2.75, 3.05) is 18.5 Å². The Morgan fingerprint density at radius 1 is 1.10 bits per heavy atom. The molecule has 2 aromatic heterocycles. The molecule has 0 atom stereocenters. The number of hydrogen-bond acceptors (Lipinski definition) is 6. The van der Waals surface area contributed by atoms with Crippen LogP contribution in [0.15, 0.2) is 42.9 Å². The van der Waals surface area contributed by atoms with E-state index in [-0.39, 0.29) is 18.1 Å². The van der Waals surface area contributed by atoms with Crippen LogP contribution in [-0.2, 0) is 17.9 Å². The first-order chi connectivity index (χ1) is 14.5. The molecule has 158 valence electrons. The van der Waals surface area contributed by atoms with Gasteiger partial charge in [-0.25, -0.2) is 4.79 Å². The summed E-state index contributed by atoms with van der Waals surface area (Å²) in [6.07, 6.45) is 4.69. The molecule has 2 heterocycles. The van der Waals surface area contributed by atoms with Crippen LogP contribution in [0.1, 0.15) is 29.9 Å². The van der Waals surface area contributed by atoms with E-state index >= 15 is 0 Å². The summed E-state index contributed by atoms with van der Waals surface area (Å²) in [5.74, 6) is -0.106. The van der Waals surface area contributed by atoms with Crippen LogP contribution in [0.4, 0.5) is 5.69 Å². The van der Waals surface area contributed by atoms with Crippen molar-refractivity contribution in [2.24, 2.45) is 0 Å². The van der Waals surface area contributed by atoms with Crippen molar-refractivity contribution < 1.29 is 24.2 Å². The number of amides is 1. The van der Waals surface area contributed by atoms with Gasteiger partial charge in [0.25, 0.3) is 0 Å². The molecule has 3 aromatic rings. The number of aromatic carboxylic acids is 1. The molecule has 0 aliphatic carbocycles. The standard InChI is InChI=1S/C20H23N5O5/c1-3-29-17-6-5-14(9-18(17)30-4-2)11-25-12-15(10-21-25)22-19(26)13-24-8-7-16(23-24)20(27)28/h5-10,12H,3-4,11,13H2,1-2H3,(H,22,26)(H,27,28). The van der Waals surface area contributed by atoms with Crippen molar-refractivity contribution >= 4 is 17.6 Å². The fraction of sp³-hybridized carbons (Fsp3) is 0.300. The first-order valence-corrected chi connectivity index (χ1v) is 9.46. The van der Waals surface area contributed by atoms with Gasteiger partial charge in [-0.1, -0.05) is 6.07 Å². The second-order valence-corrected chi connectivity index (χ2v) is 6.33. The minimum absolute atomic E-state index is 0.102. The second-order valence-electron chi connectivity index (χ2n) is 6.33. The molecule has 0 bridgehead atoms. The molecule has 10 heteroatoms.